The first-order valence-corrected chi connectivity index (χ1v) is 6.80. The molecule has 2 aromatic rings. The molecule has 0 aliphatic carbocycles. The Morgan fingerprint density at radius 3 is 2.62 bits per heavy atom. The number of nitrogens with zero attached hydrogens (tertiary/aromatic N) is 3. The van der Waals surface area contributed by atoms with E-state index in [1.165, 1.54) is 6.07 Å². The van der Waals surface area contributed by atoms with Gasteiger partial charge in [-0.15, -0.1) is 0 Å². The molecule has 0 radical (unpaired) electrons. The molecule has 1 heterocycles. The Bertz CT molecular complexity index is 682. The van der Waals surface area contributed by atoms with Crippen molar-refractivity contribution in [2.45, 2.75) is 11.3 Å². The van der Waals surface area contributed by atoms with E-state index in [-0.39, 0.29) is 11.3 Å². The van der Waals surface area contributed by atoms with Crippen LogP contribution in [0.2, 0.25) is 0 Å². The van der Waals surface area contributed by atoms with Gasteiger partial charge in [0.05, 0.1) is 22.3 Å². The summed E-state index contributed by atoms with van der Waals surface area (Å²) >= 11 is 0.952. The lowest BCUT2D eigenvalue weighted by Crippen LogP contribution is -2.25. The van der Waals surface area contributed by atoms with Crippen molar-refractivity contribution in [1.82, 2.24) is 9.66 Å². The minimum absolute atomic E-state index is 0.173. The van der Waals surface area contributed by atoms with E-state index in [1.54, 1.807) is 23.8 Å². The van der Waals surface area contributed by atoms with Crippen LogP contribution in [0.25, 0.3) is 11.0 Å². The molecule has 0 saturated carbocycles. The van der Waals surface area contributed by atoms with Crippen molar-refractivity contribution in [3.05, 3.63) is 23.8 Å². The number of alkyl halides is 3. The molecular formula is C12H12F3N3O2S. The first-order chi connectivity index (χ1) is 9.70. The Labute approximate surface area is 122 Å². The summed E-state index contributed by atoms with van der Waals surface area (Å²) in [6, 6.07) is 3.27. The van der Waals surface area contributed by atoms with E-state index in [0.717, 1.165) is 23.9 Å². The van der Waals surface area contributed by atoms with Crippen molar-refractivity contribution in [2.24, 2.45) is 0 Å². The Kier molecular flexibility index (Phi) is 4.04. The van der Waals surface area contributed by atoms with Crippen LogP contribution in [0.5, 0.6) is 0 Å². The number of benzene rings is 1. The zero-order chi connectivity index (χ0) is 15.8. The summed E-state index contributed by atoms with van der Waals surface area (Å²) in [4.78, 5) is 14.7. The predicted octanol–water partition coefficient (Wildman–Crippen LogP) is 2.43. The van der Waals surface area contributed by atoms with Gasteiger partial charge >= 0.3 is 12.1 Å². The van der Waals surface area contributed by atoms with Gasteiger partial charge in [0.15, 0.2) is 5.16 Å². The van der Waals surface area contributed by atoms with Crippen LogP contribution >= 0.6 is 11.8 Å². The monoisotopic (exact) mass is 319 g/mol. The summed E-state index contributed by atoms with van der Waals surface area (Å²) in [5.41, 5.74) is -0.125. The van der Waals surface area contributed by atoms with E-state index in [4.69, 9.17) is 5.11 Å². The summed E-state index contributed by atoms with van der Waals surface area (Å²) in [5.74, 6) is -1.24. The minimum atomic E-state index is -4.44. The zero-order valence-corrected chi connectivity index (χ0v) is 12.0. The number of halogens is 3. The predicted molar refractivity (Wildman–Crippen MR) is 73.2 cm³/mol. The molecule has 0 saturated heterocycles. The SMILES string of the molecule is CN(C)n1c(SCC(=O)O)nc2cc(C(F)(F)F)ccc21. The topological polar surface area (TPSA) is 58.4 Å². The molecule has 9 heteroatoms. The quantitative estimate of drug-likeness (QED) is 0.877. The average molecular weight is 319 g/mol. The number of imidazole rings is 1. The fourth-order valence-corrected chi connectivity index (χ4v) is 2.63. The van der Waals surface area contributed by atoms with Crippen LogP contribution in [0, 0.1) is 0 Å². The molecule has 1 aromatic carbocycles. The molecule has 0 fully saturated rings. The summed E-state index contributed by atoms with van der Waals surface area (Å²) in [6.07, 6.45) is -4.44. The Hall–Kier alpha value is -1.90. The number of hydrogen-bond acceptors (Lipinski definition) is 4. The zero-order valence-electron chi connectivity index (χ0n) is 11.2. The van der Waals surface area contributed by atoms with Gasteiger partial charge in [-0.1, -0.05) is 11.8 Å². The summed E-state index contributed by atoms with van der Waals surface area (Å²) < 4.78 is 39.7. The first kappa shape index (κ1) is 15.5. The van der Waals surface area contributed by atoms with Crippen LogP contribution in [0.3, 0.4) is 0 Å². The summed E-state index contributed by atoms with van der Waals surface area (Å²) in [6.45, 7) is 0. The van der Waals surface area contributed by atoms with E-state index in [1.807, 2.05) is 0 Å². The third-order valence-corrected chi connectivity index (χ3v) is 3.57. The van der Waals surface area contributed by atoms with Gasteiger partial charge in [0, 0.05) is 14.1 Å². The number of rotatable bonds is 4. The molecule has 114 valence electrons. The van der Waals surface area contributed by atoms with E-state index in [9.17, 15) is 18.0 Å². The van der Waals surface area contributed by atoms with Gasteiger partial charge in [0.2, 0.25) is 0 Å². The van der Waals surface area contributed by atoms with Gasteiger partial charge in [0.1, 0.15) is 0 Å². The lowest BCUT2D eigenvalue weighted by atomic mass is 10.2. The molecule has 0 bridgehead atoms. The van der Waals surface area contributed by atoms with Gasteiger partial charge < -0.3 is 10.1 Å². The van der Waals surface area contributed by atoms with E-state index in [0.29, 0.717) is 10.7 Å². The van der Waals surface area contributed by atoms with Gasteiger partial charge in [-0.05, 0) is 18.2 Å². The maximum Gasteiger partial charge on any atom is 0.416 e. The highest BCUT2D eigenvalue weighted by Gasteiger charge is 2.31. The second-order valence-corrected chi connectivity index (χ2v) is 5.38. The normalized spacial score (nSPS) is 11.9. The maximum absolute atomic E-state index is 12.7. The fraction of sp³-hybridized carbons (Fsp3) is 0.333. The Morgan fingerprint density at radius 1 is 1.43 bits per heavy atom. The van der Waals surface area contributed by atoms with Crippen LogP contribution in [0.1, 0.15) is 5.56 Å². The summed E-state index contributed by atoms with van der Waals surface area (Å²) in [7, 11) is 3.40. The van der Waals surface area contributed by atoms with Gasteiger partial charge in [-0.2, -0.15) is 13.2 Å². The molecule has 0 atom stereocenters. The van der Waals surface area contributed by atoms with Gasteiger partial charge in [0.25, 0.3) is 0 Å². The number of hydrogen-bond donors (Lipinski definition) is 1. The fourth-order valence-electron chi connectivity index (χ4n) is 1.83. The van der Waals surface area contributed by atoms with Crippen LogP contribution < -0.4 is 5.01 Å². The summed E-state index contributed by atoms with van der Waals surface area (Å²) in [5, 5.41) is 10.7. The average Bonchev–Trinajstić information content (AvgIpc) is 2.72. The van der Waals surface area contributed by atoms with Crippen molar-refractivity contribution >= 4 is 28.8 Å². The number of carboxylic acid groups (broad SMARTS) is 1. The maximum atomic E-state index is 12.7. The van der Waals surface area contributed by atoms with Crippen LogP contribution in [0.15, 0.2) is 23.4 Å². The van der Waals surface area contributed by atoms with E-state index < -0.39 is 17.7 Å². The molecule has 0 aliphatic heterocycles. The number of fused-ring (bicyclic) bond motifs is 1. The highest BCUT2D eigenvalue weighted by molar-refractivity contribution is 7.99. The number of carbonyl (C=O) groups is 1. The van der Waals surface area contributed by atoms with Gasteiger partial charge in [-0.3, -0.25) is 4.79 Å². The first-order valence-electron chi connectivity index (χ1n) is 5.82. The molecule has 21 heavy (non-hydrogen) atoms. The number of carboxylic acids is 1. The number of thioether (sulfide) groups is 1. The molecule has 1 aromatic heterocycles. The largest absolute Gasteiger partial charge is 0.481 e. The second kappa shape index (κ2) is 5.47. The van der Waals surface area contributed by atoms with Gasteiger partial charge in [-0.25, -0.2) is 9.66 Å². The molecule has 0 amide bonds. The Balaban J connectivity index is 2.53. The highest BCUT2D eigenvalue weighted by Crippen LogP contribution is 2.32. The van der Waals surface area contributed by atoms with Crippen molar-refractivity contribution in [3.8, 4) is 0 Å². The number of aromatic nitrogens is 2. The van der Waals surface area contributed by atoms with Crippen LogP contribution in [0.4, 0.5) is 13.2 Å². The van der Waals surface area contributed by atoms with Crippen LogP contribution in [-0.4, -0.2) is 40.6 Å². The van der Waals surface area contributed by atoms with Crippen LogP contribution in [-0.2, 0) is 11.0 Å². The third-order valence-electron chi connectivity index (χ3n) is 2.65. The molecule has 0 aliphatic rings. The van der Waals surface area contributed by atoms with Crippen molar-refractivity contribution in [2.75, 3.05) is 24.9 Å². The van der Waals surface area contributed by atoms with Crippen molar-refractivity contribution in [3.63, 3.8) is 0 Å². The molecule has 5 nitrogen and oxygen atoms in total. The molecule has 2 rings (SSSR count). The second-order valence-electron chi connectivity index (χ2n) is 4.44. The van der Waals surface area contributed by atoms with Crippen molar-refractivity contribution < 1.29 is 23.1 Å². The molecular weight excluding hydrogens is 307 g/mol. The number of aliphatic carboxylic acids is 1. The molecule has 0 spiro atoms. The minimum Gasteiger partial charge on any atom is -0.481 e. The third kappa shape index (κ3) is 3.23. The molecule has 0 unspecified atom stereocenters. The van der Waals surface area contributed by atoms with E-state index >= 15 is 0 Å². The lowest BCUT2D eigenvalue weighted by molar-refractivity contribution is -0.137. The Morgan fingerprint density at radius 2 is 2.10 bits per heavy atom. The standard InChI is InChI=1S/C12H12F3N3O2S/c1-17(2)18-9-4-3-7(12(13,14)15)5-8(9)16-11(18)21-6-10(19)20/h3-5H,6H2,1-2H3,(H,19,20). The molecule has 1 N–H and O–H groups in total. The van der Waals surface area contributed by atoms with Crippen molar-refractivity contribution in [1.29, 1.82) is 0 Å². The highest BCUT2D eigenvalue weighted by atomic mass is 32.2. The van der Waals surface area contributed by atoms with E-state index in [2.05, 4.69) is 4.98 Å². The lowest BCUT2D eigenvalue weighted by Gasteiger charge is -2.17. The smallest absolute Gasteiger partial charge is 0.416 e.